The third kappa shape index (κ3) is 2.68. The molecule has 3 aromatic rings. The van der Waals surface area contributed by atoms with Crippen molar-refractivity contribution in [3.05, 3.63) is 81.8 Å². The first-order valence-electron chi connectivity index (χ1n) is 7.40. The second-order valence-corrected chi connectivity index (χ2v) is 6.32. The van der Waals surface area contributed by atoms with E-state index < -0.39 is 0 Å². The average molecular weight is 304 g/mol. The van der Waals surface area contributed by atoms with Crippen LogP contribution >= 0.6 is 11.3 Å². The van der Waals surface area contributed by atoms with Crippen LogP contribution in [0.15, 0.2) is 60.1 Å². The van der Waals surface area contributed by atoms with Crippen molar-refractivity contribution >= 4 is 28.7 Å². The standard InChI is InChI=1S/C19H16N2S/c1-2-5-14(6-3-1)12-20-17-8-4-7-15(9-17)16-10-18-19(11-16)22-13-21-18/h1-9,11,13,20H,10,12H2. The van der Waals surface area contributed by atoms with Gasteiger partial charge in [-0.05, 0) is 34.9 Å². The molecule has 0 aliphatic heterocycles. The summed E-state index contributed by atoms with van der Waals surface area (Å²) >= 11 is 1.72. The van der Waals surface area contributed by atoms with E-state index in [1.54, 1.807) is 11.3 Å². The highest BCUT2D eigenvalue weighted by atomic mass is 32.1. The maximum absolute atomic E-state index is 4.42. The van der Waals surface area contributed by atoms with Crippen LogP contribution in [0.4, 0.5) is 5.69 Å². The van der Waals surface area contributed by atoms with Crippen LogP contribution in [0.2, 0.25) is 0 Å². The average Bonchev–Trinajstić information content (AvgIpc) is 3.16. The van der Waals surface area contributed by atoms with Gasteiger partial charge < -0.3 is 5.32 Å². The zero-order valence-electron chi connectivity index (χ0n) is 12.1. The SMILES string of the molecule is C1=C(c2cccc(NCc3ccccc3)c2)Cc2ncsc21. The van der Waals surface area contributed by atoms with Crippen molar-refractivity contribution in [2.45, 2.75) is 13.0 Å². The van der Waals surface area contributed by atoms with Crippen LogP contribution < -0.4 is 5.32 Å². The highest BCUT2D eigenvalue weighted by Crippen LogP contribution is 2.33. The molecule has 1 aliphatic rings. The minimum Gasteiger partial charge on any atom is -0.381 e. The van der Waals surface area contributed by atoms with Crippen LogP contribution in [0.1, 0.15) is 21.7 Å². The fourth-order valence-corrected chi connectivity index (χ4v) is 3.50. The van der Waals surface area contributed by atoms with E-state index in [4.69, 9.17) is 0 Å². The third-order valence-electron chi connectivity index (χ3n) is 3.91. The van der Waals surface area contributed by atoms with Gasteiger partial charge >= 0.3 is 0 Å². The number of hydrogen-bond donors (Lipinski definition) is 1. The predicted molar refractivity (Wildman–Crippen MR) is 93.9 cm³/mol. The highest BCUT2D eigenvalue weighted by molar-refractivity contribution is 7.10. The van der Waals surface area contributed by atoms with Gasteiger partial charge in [0.1, 0.15) is 0 Å². The molecule has 2 nitrogen and oxygen atoms in total. The van der Waals surface area contributed by atoms with Gasteiger partial charge in [0.05, 0.1) is 16.1 Å². The van der Waals surface area contributed by atoms with E-state index >= 15 is 0 Å². The van der Waals surface area contributed by atoms with Gasteiger partial charge in [-0.2, -0.15) is 0 Å². The minimum absolute atomic E-state index is 0.845. The van der Waals surface area contributed by atoms with E-state index in [1.165, 1.54) is 27.3 Å². The van der Waals surface area contributed by atoms with Crippen molar-refractivity contribution in [2.75, 3.05) is 5.32 Å². The van der Waals surface area contributed by atoms with Crippen LogP contribution in [-0.2, 0) is 13.0 Å². The summed E-state index contributed by atoms with van der Waals surface area (Å²) in [6.07, 6.45) is 3.21. The van der Waals surface area contributed by atoms with Crippen molar-refractivity contribution in [3.63, 3.8) is 0 Å². The van der Waals surface area contributed by atoms with Crippen LogP contribution in [0, 0.1) is 0 Å². The molecule has 1 aromatic heterocycles. The molecule has 1 heterocycles. The fraction of sp³-hybridized carbons (Fsp3) is 0.105. The van der Waals surface area contributed by atoms with Gasteiger partial charge in [0.25, 0.3) is 0 Å². The van der Waals surface area contributed by atoms with Gasteiger partial charge in [0.15, 0.2) is 0 Å². The lowest BCUT2D eigenvalue weighted by molar-refractivity contribution is 1.15. The predicted octanol–water partition coefficient (Wildman–Crippen LogP) is 4.85. The highest BCUT2D eigenvalue weighted by Gasteiger charge is 2.16. The molecule has 0 spiro atoms. The summed E-state index contributed by atoms with van der Waals surface area (Å²) in [5, 5.41) is 3.50. The first-order valence-corrected chi connectivity index (χ1v) is 8.27. The van der Waals surface area contributed by atoms with Crippen LogP contribution in [-0.4, -0.2) is 4.98 Å². The Balaban J connectivity index is 1.51. The summed E-state index contributed by atoms with van der Waals surface area (Å²) in [4.78, 5) is 5.73. The Kier molecular flexibility index (Phi) is 3.49. The molecular weight excluding hydrogens is 288 g/mol. The third-order valence-corrected chi connectivity index (χ3v) is 4.73. The maximum atomic E-state index is 4.42. The van der Waals surface area contributed by atoms with Crippen molar-refractivity contribution in [3.8, 4) is 0 Å². The summed E-state index contributed by atoms with van der Waals surface area (Å²) in [5.74, 6) is 0. The van der Waals surface area contributed by atoms with E-state index in [0.717, 1.165) is 18.7 Å². The fourth-order valence-electron chi connectivity index (χ4n) is 2.73. The lowest BCUT2D eigenvalue weighted by Crippen LogP contribution is -1.99. The molecule has 1 aliphatic carbocycles. The Hall–Kier alpha value is -2.39. The molecule has 0 saturated carbocycles. The Labute approximate surface area is 134 Å². The van der Waals surface area contributed by atoms with Gasteiger partial charge in [-0.15, -0.1) is 11.3 Å². The number of fused-ring (bicyclic) bond motifs is 1. The molecular formula is C19H16N2S. The smallest absolute Gasteiger partial charge is 0.0801 e. The molecule has 0 saturated heterocycles. The molecule has 4 rings (SSSR count). The van der Waals surface area contributed by atoms with Crippen molar-refractivity contribution < 1.29 is 0 Å². The molecule has 0 amide bonds. The second kappa shape index (κ2) is 5.78. The number of benzene rings is 2. The molecule has 2 aromatic carbocycles. The Morgan fingerprint density at radius 2 is 1.95 bits per heavy atom. The molecule has 0 bridgehead atoms. The molecule has 3 heteroatoms. The van der Waals surface area contributed by atoms with E-state index in [9.17, 15) is 0 Å². The van der Waals surface area contributed by atoms with Gasteiger partial charge in [0.2, 0.25) is 0 Å². The molecule has 108 valence electrons. The number of hydrogen-bond acceptors (Lipinski definition) is 3. The largest absolute Gasteiger partial charge is 0.381 e. The molecule has 0 unspecified atom stereocenters. The van der Waals surface area contributed by atoms with E-state index in [2.05, 4.69) is 64.9 Å². The monoisotopic (exact) mass is 304 g/mol. The van der Waals surface area contributed by atoms with Crippen LogP contribution in [0.25, 0.3) is 11.6 Å². The number of nitrogens with zero attached hydrogens (tertiary/aromatic N) is 1. The summed E-state index contributed by atoms with van der Waals surface area (Å²) in [6.45, 7) is 0.845. The van der Waals surface area contributed by atoms with Crippen LogP contribution in [0.5, 0.6) is 0 Å². The minimum atomic E-state index is 0.845. The summed E-state index contributed by atoms with van der Waals surface area (Å²) in [6, 6.07) is 19.1. The lowest BCUT2D eigenvalue weighted by atomic mass is 10.0. The number of aromatic nitrogens is 1. The lowest BCUT2D eigenvalue weighted by Gasteiger charge is -2.09. The first kappa shape index (κ1) is 13.3. The van der Waals surface area contributed by atoms with Gasteiger partial charge in [-0.25, -0.2) is 4.98 Å². The molecule has 0 radical (unpaired) electrons. The number of nitrogens with one attached hydrogen (secondary N) is 1. The number of rotatable bonds is 4. The maximum Gasteiger partial charge on any atom is 0.0801 e. The number of thiazole rings is 1. The van der Waals surface area contributed by atoms with E-state index in [0.29, 0.717) is 0 Å². The summed E-state index contributed by atoms with van der Waals surface area (Å²) in [5.41, 5.74) is 8.23. The molecule has 22 heavy (non-hydrogen) atoms. The number of allylic oxidation sites excluding steroid dienone is 1. The van der Waals surface area contributed by atoms with Gasteiger partial charge in [-0.1, -0.05) is 42.5 Å². The van der Waals surface area contributed by atoms with Gasteiger partial charge in [-0.3, -0.25) is 0 Å². The molecule has 0 fully saturated rings. The second-order valence-electron chi connectivity index (χ2n) is 5.43. The van der Waals surface area contributed by atoms with Crippen molar-refractivity contribution in [2.24, 2.45) is 0 Å². The zero-order valence-corrected chi connectivity index (χ0v) is 12.9. The quantitative estimate of drug-likeness (QED) is 0.745. The first-order chi connectivity index (χ1) is 10.9. The Morgan fingerprint density at radius 3 is 2.82 bits per heavy atom. The normalized spacial score (nSPS) is 12.8. The Bertz CT molecular complexity index is 818. The van der Waals surface area contributed by atoms with E-state index in [-0.39, 0.29) is 0 Å². The molecule has 1 N–H and O–H groups in total. The van der Waals surface area contributed by atoms with Crippen LogP contribution in [0.3, 0.4) is 0 Å². The zero-order chi connectivity index (χ0) is 14.8. The topological polar surface area (TPSA) is 24.9 Å². The number of anilines is 1. The summed E-state index contributed by atoms with van der Waals surface area (Å²) in [7, 11) is 0. The van der Waals surface area contributed by atoms with Crippen molar-refractivity contribution in [1.82, 2.24) is 4.98 Å². The molecule has 0 atom stereocenters. The van der Waals surface area contributed by atoms with Crippen molar-refractivity contribution in [1.29, 1.82) is 0 Å². The Morgan fingerprint density at radius 1 is 1.05 bits per heavy atom. The van der Waals surface area contributed by atoms with Gasteiger partial charge in [0, 0.05) is 18.7 Å². The van der Waals surface area contributed by atoms with E-state index in [1.807, 2.05) is 11.6 Å². The summed E-state index contributed by atoms with van der Waals surface area (Å²) < 4.78 is 0.